The molecule has 2 N–H and O–H groups in total. The highest BCUT2D eigenvalue weighted by Crippen LogP contribution is 1.93. The van der Waals surface area contributed by atoms with Crippen molar-refractivity contribution >= 4 is 5.91 Å². The van der Waals surface area contributed by atoms with E-state index < -0.39 is 0 Å². The standard InChI is InChI=1S/C10H13N5O/c16-10(2-5-15-6-4-11-8-15)12-7-9-1-3-13-14-9/h1,3-4,6,8H,2,5,7H2,(H,12,16)(H,13,14). The Kier molecular flexibility index (Phi) is 3.32. The lowest BCUT2D eigenvalue weighted by atomic mass is 10.3. The summed E-state index contributed by atoms with van der Waals surface area (Å²) in [5.41, 5.74) is 0.899. The zero-order valence-electron chi connectivity index (χ0n) is 8.76. The summed E-state index contributed by atoms with van der Waals surface area (Å²) in [7, 11) is 0. The molecule has 0 aliphatic rings. The van der Waals surface area contributed by atoms with E-state index in [2.05, 4.69) is 20.5 Å². The Morgan fingerprint density at radius 2 is 2.44 bits per heavy atom. The molecule has 2 rings (SSSR count). The number of amides is 1. The number of aryl methyl sites for hydroxylation is 1. The summed E-state index contributed by atoms with van der Waals surface area (Å²) >= 11 is 0. The van der Waals surface area contributed by atoms with Gasteiger partial charge in [-0.3, -0.25) is 9.89 Å². The van der Waals surface area contributed by atoms with Crippen LogP contribution in [-0.2, 0) is 17.9 Å². The Morgan fingerprint density at radius 3 is 3.12 bits per heavy atom. The first-order valence-electron chi connectivity index (χ1n) is 5.05. The van der Waals surface area contributed by atoms with Gasteiger partial charge in [-0.2, -0.15) is 5.10 Å². The summed E-state index contributed by atoms with van der Waals surface area (Å²) < 4.78 is 1.87. The maximum absolute atomic E-state index is 11.5. The Morgan fingerprint density at radius 1 is 1.50 bits per heavy atom. The minimum atomic E-state index is 0.0169. The quantitative estimate of drug-likeness (QED) is 0.760. The lowest BCUT2D eigenvalue weighted by Crippen LogP contribution is -2.23. The summed E-state index contributed by atoms with van der Waals surface area (Å²) in [4.78, 5) is 15.4. The molecular weight excluding hydrogens is 206 g/mol. The smallest absolute Gasteiger partial charge is 0.222 e. The topological polar surface area (TPSA) is 75.6 Å². The molecule has 1 amide bonds. The highest BCUT2D eigenvalue weighted by Gasteiger charge is 2.01. The number of aromatic nitrogens is 4. The van der Waals surface area contributed by atoms with E-state index in [-0.39, 0.29) is 5.91 Å². The first-order chi connectivity index (χ1) is 7.84. The summed E-state index contributed by atoms with van der Waals surface area (Å²) in [5, 5.41) is 9.38. The minimum Gasteiger partial charge on any atom is -0.350 e. The number of carbonyl (C=O) groups is 1. The van der Waals surface area contributed by atoms with Gasteiger partial charge in [0.05, 0.1) is 18.6 Å². The number of hydrogen-bond donors (Lipinski definition) is 2. The van der Waals surface area contributed by atoms with Gasteiger partial charge >= 0.3 is 0 Å². The van der Waals surface area contributed by atoms with Gasteiger partial charge in [-0.1, -0.05) is 0 Å². The van der Waals surface area contributed by atoms with Crippen LogP contribution in [0.3, 0.4) is 0 Å². The van der Waals surface area contributed by atoms with E-state index in [1.165, 1.54) is 0 Å². The van der Waals surface area contributed by atoms with E-state index in [0.29, 0.717) is 19.5 Å². The van der Waals surface area contributed by atoms with Gasteiger partial charge in [-0.15, -0.1) is 0 Å². The maximum Gasteiger partial charge on any atom is 0.222 e. The Bertz CT molecular complexity index is 380. The van der Waals surface area contributed by atoms with Crippen LogP contribution in [0.1, 0.15) is 12.1 Å². The van der Waals surface area contributed by atoms with E-state index in [1.54, 1.807) is 18.7 Å². The third-order valence-corrected chi connectivity index (χ3v) is 2.19. The van der Waals surface area contributed by atoms with E-state index in [9.17, 15) is 4.79 Å². The van der Waals surface area contributed by atoms with Crippen molar-refractivity contribution in [2.24, 2.45) is 0 Å². The predicted molar refractivity (Wildman–Crippen MR) is 57.3 cm³/mol. The van der Waals surface area contributed by atoms with Crippen LogP contribution in [0.4, 0.5) is 0 Å². The second-order valence-electron chi connectivity index (χ2n) is 3.41. The van der Waals surface area contributed by atoms with E-state index in [1.807, 2.05) is 16.8 Å². The second-order valence-corrected chi connectivity index (χ2v) is 3.41. The summed E-state index contributed by atoms with van der Waals surface area (Å²) in [6, 6.07) is 1.83. The zero-order chi connectivity index (χ0) is 11.2. The van der Waals surface area contributed by atoms with Crippen LogP contribution in [0.25, 0.3) is 0 Å². The number of nitrogens with zero attached hydrogens (tertiary/aromatic N) is 3. The highest BCUT2D eigenvalue weighted by molar-refractivity contribution is 5.75. The molecule has 6 nitrogen and oxygen atoms in total. The molecule has 0 unspecified atom stereocenters. The molecule has 0 atom stereocenters. The lowest BCUT2D eigenvalue weighted by Gasteiger charge is -2.04. The summed E-state index contributed by atoms with van der Waals surface area (Å²) in [6.45, 7) is 1.14. The number of H-pyrrole nitrogens is 1. The first kappa shape index (κ1) is 10.4. The van der Waals surface area contributed by atoms with Crippen molar-refractivity contribution in [3.63, 3.8) is 0 Å². The van der Waals surface area contributed by atoms with Crippen LogP contribution in [0.5, 0.6) is 0 Å². The molecule has 2 aromatic rings. The van der Waals surface area contributed by atoms with Gasteiger partial charge in [0.25, 0.3) is 0 Å². The largest absolute Gasteiger partial charge is 0.350 e. The highest BCUT2D eigenvalue weighted by atomic mass is 16.1. The monoisotopic (exact) mass is 219 g/mol. The van der Waals surface area contributed by atoms with Gasteiger partial charge in [-0.05, 0) is 6.07 Å². The molecule has 0 aliphatic heterocycles. The van der Waals surface area contributed by atoms with Crippen molar-refractivity contribution < 1.29 is 4.79 Å². The number of aromatic amines is 1. The van der Waals surface area contributed by atoms with Crippen LogP contribution in [0.2, 0.25) is 0 Å². The Balaban J connectivity index is 1.69. The number of hydrogen-bond acceptors (Lipinski definition) is 3. The maximum atomic E-state index is 11.5. The normalized spacial score (nSPS) is 10.2. The van der Waals surface area contributed by atoms with Gasteiger partial charge in [0.1, 0.15) is 0 Å². The fourth-order valence-corrected chi connectivity index (χ4v) is 1.31. The summed E-state index contributed by atoms with van der Waals surface area (Å²) in [5.74, 6) is 0.0169. The molecule has 0 aliphatic carbocycles. The van der Waals surface area contributed by atoms with Crippen LogP contribution in [0.15, 0.2) is 31.0 Å². The van der Waals surface area contributed by atoms with E-state index in [0.717, 1.165) is 5.69 Å². The predicted octanol–water partition coefficient (Wildman–Crippen LogP) is 0.313. The number of rotatable bonds is 5. The molecule has 0 fully saturated rings. The SMILES string of the molecule is O=C(CCn1ccnc1)NCc1ccn[nH]1. The van der Waals surface area contributed by atoms with Gasteiger partial charge in [0, 0.05) is 31.6 Å². The third kappa shape index (κ3) is 2.94. The second kappa shape index (κ2) is 5.11. The van der Waals surface area contributed by atoms with Crippen molar-refractivity contribution in [1.82, 2.24) is 25.1 Å². The van der Waals surface area contributed by atoms with E-state index >= 15 is 0 Å². The molecule has 0 bridgehead atoms. The lowest BCUT2D eigenvalue weighted by molar-refractivity contribution is -0.121. The van der Waals surface area contributed by atoms with Crippen molar-refractivity contribution in [3.05, 3.63) is 36.7 Å². The molecule has 0 aromatic carbocycles. The van der Waals surface area contributed by atoms with Gasteiger partial charge in [0.15, 0.2) is 0 Å². The first-order valence-corrected chi connectivity index (χ1v) is 5.05. The molecule has 0 spiro atoms. The number of imidazole rings is 1. The van der Waals surface area contributed by atoms with Gasteiger partial charge in [-0.25, -0.2) is 4.98 Å². The molecule has 0 saturated heterocycles. The van der Waals surface area contributed by atoms with Crippen LogP contribution >= 0.6 is 0 Å². The number of nitrogens with one attached hydrogen (secondary N) is 2. The molecule has 0 radical (unpaired) electrons. The van der Waals surface area contributed by atoms with Crippen LogP contribution in [0, 0.1) is 0 Å². The Hall–Kier alpha value is -2.11. The molecular formula is C10H13N5O. The molecule has 2 aromatic heterocycles. The molecule has 16 heavy (non-hydrogen) atoms. The van der Waals surface area contributed by atoms with E-state index in [4.69, 9.17) is 0 Å². The molecule has 0 saturated carbocycles. The van der Waals surface area contributed by atoms with Crippen molar-refractivity contribution in [2.45, 2.75) is 19.5 Å². The van der Waals surface area contributed by atoms with Crippen LogP contribution in [-0.4, -0.2) is 25.7 Å². The van der Waals surface area contributed by atoms with Gasteiger partial charge < -0.3 is 9.88 Å². The zero-order valence-corrected chi connectivity index (χ0v) is 8.76. The van der Waals surface area contributed by atoms with Crippen molar-refractivity contribution in [3.8, 4) is 0 Å². The summed E-state index contributed by atoms with van der Waals surface area (Å²) in [6.07, 6.45) is 7.34. The Labute approximate surface area is 92.7 Å². The van der Waals surface area contributed by atoms with Crippen molar-refractivity contribution in [1.29, 1.82) is 0 Å². The van der Waals surface area contributed by atoms with Crippen molar-refractivity contribution in [2.75, 3.05) is 0 Å². The number of carbonyl (C=O) groups excluding carboxylic acids is 1. The third-order valence-electron chi connectivity index (χ3n) is 2.19. The minimum absolute atomic E-state index is 0.0169. The fraction of sp³-hybridized carbons (Fsp3) is 0.300. The average Bonchev–Trinajstić information content (AvgIpc) is 2.96. The molecule has 2 heterocycles. The molecule has 84 valence electrons. The fourth-order valence-electron chi connectivity index (χ4n) is 1.31. The average molecular weight is 219 g/mol. The molecule has 6 heteroatoms. The van der Waals surface area contributed by atoms with Crippen LogP contribution < -0.4 is 5.32 Å². The van der Waals surface area contributed by atoms with Gasteiger partial charge in [0.2, 0.25) is 5.91 Å².